The Morgan fingerprint density at radius 3 is 2.17 bits per heavy atom. The summed E-state index contributed by atoms with van der Waals surface area (Å²) in [6.07, 6.45) is 3.06. The fourth-order valence-electron chi connectivity index (χ4n) is 1.71. The number of hydrogen-bond donors (Lipinski definition) is 2. The molecule has 2 amide bonds. The zero-order valence-corrected chi connectivity index (χ0v) is 13.6. The van der Waals surface area contributed by atoms with Gasteiger partial charge in [-0.3, -0.25) is 18.8 Å². The minimum Gasteiger partial charge on any atom is -0.325 e. The summed E-state index contributed by atoms with van der Waals surface area (Å²) in [7, 11) is -1.60. The minimum atomic E-state index is -1.60. The van der Waals surface area contributed by atoms with Gasteiger partial charge in [-0.15, -0.1) is 0 Å². The first-order chi connectivity index (χ1) is 11.0. The van der Waals surface area contributed by atoms with E-state index < -0.39 is 22.6 Å². The number of anilines is 2. The van der Waals surface area contributed by atoms with Crippen LogP contribution in [-0.2, 0) is 20.4 Å². The summed E-state index contributed by atoms with van der Waals surface area (Å²) in [5.74, 6) is -1.39. The fourth-order valence-corrected chi connectivity index (χ4v) is 2.66. The molecule has 0 aliphatic rings. The van der Waals surface area contributed by atoms with Gasteiger partial charge in [0.15, 0.2) is 0 Å². The third kappa shape index (κ3) is 6.17. The second-order valence-corrected chi connectivity index (χ2v) is 6.47. The maximum Gasteiger partial charge on any atom is 0.237 e. The monoisotopic (exact) mass is 351 g/mol. The van der Waals surface area contributed by atoms with E-state index >= 15 is 0 Å². The van der Waals surface area contributed by atoms with Crippen LogP contribution in [0.25, 0.3) is 0 Å². The summed E-state index contributed by atoms with van der Waals surface area (Å²) < 4.78 is 11.9. The molecule has 2 aromatic rings. The van der Waals surface area contributed by atoms with Crippen LogP contribution in [0.3, 0.4) is 0 Å². The fraction of sp³-hybridized carbons (Fsp3) is 0.133. The van der Waals surface area contributed by atoms with Gasteiger partial charge < -0.3 is 10.6 Å². The Bertz CT molecular complexity index is 708. The van der Waals surface area contributed by atoms with E-state index in [1.165, 1.54) is 6.20 Å². The van der Waals surface area contributed by atoms with E-state index in [0.29, 0.717) is 16.4 Å². The summed E-state index contributed by atoms with van der Waals surface area (Å²) in [6, 6.07) is 9.88. The molecule has 1 aromatic carbocycles. The summed E-state index contributed by atoms with van der Waals surface area (Å²) >= 11 is 5.75. The predicted octanol–water partition coefficient (Wildman–Crippen LogP) is 2.06. The third-order valence-corrected chi connectivity index (χ3v) is 4.08. The standard InChI is InChI=1S/C15H14ClN3O3S/c16-11-3-5-12(6-4-11)18-14(20)9-23(22)10-15(21)19-13-2-1-7-17-8-13/h1-8H,9-10H2,(H,18,20)(H,19,21). The van der Waals surface area contributed by atoms with Crippen LogP contribution in [0.1, 0.15) is 0 Å². The van der Waals surface area contributed by atoms with E-state index in [-0.39, 0.29) is 11.5 Å². The van der Waals surface area contributed by atoms with Gasteiger partial charge in [-0.25, -0.2) is 0 Å². The van der Waals surface area contributed by atoms with E-state index in [2.05, 4.69) is 15.6 Å². The van der Waals surface area contributed by atoms with Crippen LogP contribution < -0.4 is 10.6 Å². The highest BCUT2D eigenvalue weighted by Crippen LogP contribution is 2.13. The maximum absolute atomic E-state index is 11.9. The number of carbonyl (C=O) groups excluding carboxylic acids is 2. The molecule has 0 aliphatic carbocycles. The molecule has 8 heteroatoms. The van der Waals surface area contributed by atoms with Gasteiger partial charge in [0.25, 0.3) is 0 Å². The quantitative estimate of drug-likeness (QED) is 0.833. The van der Waals surface area contributed by atoms with Gasteiger partial charge in [-0.05, 0) is 36.4 Å². The van der Waals surface area contributed by atoms with Gasteiger partial charge in [-0.2, -0.15) is 0 Å². The van der Waals surface area contributed by atoms with E-state index in [4.69, 9.17) is 11.6 Å². The molecule has 0 fully saturated rings. The van der Waals surface area contributed by atoms with Crippen molar-refractivity contribution in [3.05, 3.63) is 53.8 Å². The van der Waals surface area contributed by atoms with Crippen LogP contribution in [0.5, 0.6) is 0 Å². The number of halogens is 1. The number of hydrogen-bond acceptors (Lipinski definition) is 4. The number of nitrogens with zero attached hydrogens (tertiary/aromatic N) is 1. The Morgan fingerprint density at radius 2 is 1.61 bits per heavy atom. The Morgan fingerprint density at radius 1 is 1.00 bits per heavy atom. The summed E-state index contributed by atoms with van der Waals surface area (Å²) in [4.78, 5) is 27.3. The normalized spacial score (nSPS) is 11.5. The Hall–Kier alpha value is -2.25. The average molecular weight is 352 g/mol. The first kappa shape index (κ1) is 17.1. The molecule has 0 aliphatic heterocycles. The summed E-state index contributed by atoms with van der Waals surface area (Å²) in [6.45, 7) is 0. The van der Waals surface area contributed by atoms with Crippen LogP contribution >= 0.6 is 11.6 Å². The van der Waals surface area contributed by atoms with Gasteiger partial charge in [0.1, 0.15) is 11.5 Å². The zero-order valence-electron chi connectivity index (χ0n) is 12.0. The highest BCUT2D eigenvalue weighted by Gasteiger charge is 2.13. The van der Waals surface area contributed by atoms with Crippen molar-refractivity contribution < 1.29 is 13.8 Å². The van der Waals surface area contributed by atoms with Gasteiger partial charge in [0.05, 0.1) is 11.9 Å². The largest absolute Gasteiger partial charge is 0.325 e. The molecule has 0 radical (unpaired) electrons. The molecule has 0 spiro atoms. The molecule has 1 aromatic heterocycles. The second-order valence-electron chi connectivity index (χ2n) is 4.57. The SMILES string of the molecule is O=C(CS(=O)CC(=O)Nc1cccnc1)Nc1ccc(Cl)cc1. The van der Waals surface area contributed by atoms with E-state index in [1.807, 2.05) is 0 Å². The Kier molecular flexibility index (Phi) is 6.25. The van der Waals surface area contributed by atoms with E-state index in [1.54, 1.807) is 42.6 Å². The van der Waals surface area contributed by atoms with Gasteiger partial charge >= 0.3 is 0 Å². The topological polar surface area (TPSA) is 88.2 Å². The number of aromatic nitrogens is 1. The smallest absolute Gasteiger partial charge is 0.237 e. The van der Waals surface area contributed by atoms with Crippen molar-refractivity contribution in [2.24, 2.45) is 0 Å². The van der Waals surface area contributed by atoms with Crippen LogP contribution in [-0.4, -0.2) is 32.5 Å². The highest BCUT2D eigenvalue weighted by atomic mass is 35.5. The third-order valence-electron chi connectivity index (χ3n) is 2.66. The van der Waals surface area contributed by atoms with Crippen molar-refractivity contribution in [2.45, 2.75) is 0 Å². The van der Waals surface area contributed by atoms with E-state index in [9.17, 15) is 13.8 Å². The average Bonchev–Trinajstić information content (AvgIpc) is 2.50. The van der Waals surface area contributed by atoms with Crippen molar-refractivity contribution >= 4 is 45.6 Å². The molecule has 1 atom stereocenters. The molecule has 1 unspecified atom stereocenters. The molecule has 2 rings (SSSR count). The number of carbonyl (C=O) groups is 2. The highest BCUT2D eigenvalue weighted by molar-refractivity contribution is 7.86. The molecule has 0 saturated heterocycles. The Labute approximate surface area is 140 Å². The predicted molar refractivity (Wildman–Crippen MR) is 90.8 cm³/mol. The Balaban J connectivity index is 1.78. The molecule has 0 bridgehead atoms. The molecule has 6 nitrogen and oxygen atoms in total. The molecule has 0 saturated carbocycles. The van der Waals surface area contributed by atoms with Crippen molar-refractivity contribution in [1.29, 1.82) is 0 Å². The lowest BCUT2D eigenvalue weighted by atomic mass is 10.3. The van der Waals surface area contributed by atoms with E-state index in [0.717, 1.165) is 0 Å². The van der Waals surface area contributed by atoms with Crippen molar-refractivity contribution in [2.75, 3.05) is 22.1 Å². The minimum absolute atomic E-state index is 0.261. The van der Waals surface area contributed by atoms with Crippen LogP contribution in [0.2, 0.25) is 5.02 Å². The summed E-state index contributed by atoms with van der Waals surface area (Å²) in [5.41, 5.74) is 1.07. The van der Waals surface area contributed by atoms with Crippen molar-refractivity contribution in [1.82, 2.24) is 4.98 Å². The van der Waals surface area contributed by atoms with Gasteiger partial charge in [0, 0.05) is 27.7 Å². The van der Waals surface area contributed by atoms with Gasteiger partial charge in [0.2, 0.25) is 11.8 Å². The lowest BCUT2D eigenvalue weighted by Crippen LogP contribution is -2.26. The molecular weight excluding hydrogens is 338 g/mol. The molecule has 120 valence electrons. The molecule has 23 heavy (non-hydrogen) atoms. The lowest BCUT2D eigenvalue weighted by Gasteiger charge is -2.06. The van der Waals surface area contributed by atoms with Crippen LogP contribution in [0.15, 0.2) is 48.8 Å². The van der Waals surface area contributed by atoms with Crippen molar-refractivity contribution in [3.8, 4) is 0 Å². The van der Waals surface area contributed by atoms with Crippen LogP contribution in [0, 0.1) is 0 Å². The molecule has 1 heterocycles. The maximum atomic E-state index is 11.9. The summed E-state index contributed by atoms with van der Waals surface area (Å²) in [5, 5.41) is 5.71. The van der Waals surface area contributed by atoms with Crippen molar-refractivity contribution in [3.63, 3.8) is 0 Å². The number of rotatable bonds is 6. The van der Waals surface area contributed by atoms with Gasteiger partial charge in [-0.1, -0.05) is 11.6 Å². The molecule has 2 N–H and O–H groups in total. The zero-order chi connectivity index (χ0) is 16.7. The first-order valence-electron chi connectivity index (χ1n) is 6.63. The first-order valence-corrected chi connectivity index (χ1v) is 8.50. The second kappa shape index (κ2) is 8.40. The molecular formula is C15H14ClN3O3S. The number of pyridine rings is 1. The lowest BCUT2D eigenvalue weighted by molar-refractivity contribution is -0.114. The van der Waals surface area contributed by atoms with Crippen LogP contribution in [0.4, 0.5) is 11.4 Å². The number of amides is 2. The number of benzene rings is 1. The number of nitrogens with one attached hydrogen (secondary N) is 2.